The van der Waals surface area contributed by atoms with Crippen molar-refractivity contribution >= 4 is 29.8 Å². The zero-order valence-corrected chi connectivity index (χ0v) is 45.4. The Bertz CT molecular complexity index is 2930. The van der Waals surface area contributed by atoms with Gasteiger partial charge in [-0.25, -0.2) is 33.0 Å². The lowest BCUT2D eigenvalue weighted by Crippen LogP contribution is -2.63. The summed E-state index contributed by atoms with van der Waals surface area (Å²) in [6, 6.07) is 5.36. The number of aromatic nitrogens is 3. The van der Waals surface area contributed by atoms with Gasteiger partial charge in [-0.3, -0.25) is 19.9 Å². The number of alkyl halides is 8. The van der Waals surface area contributed by atoms with E-state index < -0.39 is 115 Å². The summed E-state index contributed by atoms with van der Waals surface area (Å²) in [5.74, 6) is 1.54. The van der Waals surface area contributed by atoms with Crippen LogP contribution in [0, 0.1) is 40.2 Å². The summed E-state index contributed by atoms with van der Waals surface area (Å²) in [6.07, 6.45) is -10.4. The molecule has 3 aliphatic heterocycles. The summed E-state index contributed by atoms with van der Waals surface area (Å²) in [4.78, 5) is 62.5. The van der Waals surface area contributed by atoms with Crippen LogP contribution in [-0.4, -0.2) is 156 Å². The molecule has 0 radical (unpaired) electrons. The second kappa shape index (κ2) is 25.5. The number of alkyl carbamates (subject to hydrolysis) is 2. The molecule has 3 aliphatic rings. The number of carbonyl (C=O) groups excluding carboxylic acids is 4. The Morgan fingerprint density at radius 1 is 0.780 bits per heavy atom. The van der Waals surface area contributed by atoms with Crippen LogP contribution in [0.3, 0.4) is 0 Å². The monoisotopic (exact) mass is 1170 g/mol. The summed E-state index contributed by atoms with van der Waals surface area (Å²) < 4.78 is 155. The van der Waals surface area contributed by atoms with E-state index in [1.54, 1.807) is 23.6 Å². The van der Waals surface area contributed by atoms with Crippen molar-refractivity contribution in [3.05, 3.63) is 101 Å². The molecule has 4 aromatic rings. The van der Waals surface area contributed by atoms with Crippen LogP contribution in [0.4, 0.5) is 59.3 Å². The molecule has 0 saturated carbocycles. The lowest BCUT2D eigenvalue weighted by molar-refractivity contribution is -0.221. The molecule has 3 fully saturated rings. The van der Waals surface area contributed by atoms with Crippen molar-refractivity contribution in [2.45, 2.75) is 109 Å². The number of carbonyl (C=O) groups is 4. The van der Waals surface area contributed by atoms with Crippen molar-refractivity contribution in [2.24, 2.45) is 16.7 Å². The molecule has 4 amide bonds. The molecule has 446 valence electrons. The van der Waals surface area contributed by atoms with Gasteiger partial charge >= 0.3 is 31.1 Å². The maximum Gasteiger partial charge on any atom is 0.407 e. The number of aliphatic hydroxyl groups excluding tert-OH is 1. The SMILES string of the molecule is COC(=O)N[C@H](C(=O)N[C@@H](Cc1ccc(C#Cc2ccc(N3CC4CCC(C3)N4CC3CNC3)nc2)cc1)[C@@H](O)CN(Cc1c(F)cc(-c2cnn(C(F)F)c2)cc1F)NC(=O)[C@@H](NC(=O)OC)C(C)(C)C(F)(F)F)C(C)(C)C(F)(F)F. The number of nitrogens with one attached hydrogen (secondary N) is 5. The number of aliphatic hydroxyl groups is 1. The third-order valence-corrected chi connectivity index (χ3v) is 15.2. The Labute approximate surface area is 465 Å². The van der Waals surface area contributed by atoms with Crippen LogP contribution >= 0.6 is 0 Å². The first-order valence-electron chi connectivity index (χ1n) is 25.9. The van der Waals surface area contributed by atoms with Gasteiger partial charge in [0.15, 0.2) is 0 Å². The maximum absolute atomic E-state index is 16.1. The highest BCUT2D eigenvalue weighted by atomic mass is 19.4. The van der Waals surface area contributed by atoms with Crippen molar-refractivity contribution in [1.82, 2.24) is 51.4 Å². The molecular weight excluding hydrogens is 1100 g/mol. The van der Waals surface area contributed by atoms with Gasteiger partial charge in [0.25, 0.3) is 5.91 Å². The maximum atomic E-state index is 16.1. The second-order valence-electron chi connectivity index (χ2n) is 21.6. The van der Waals surface area contributed by atoms with Crippen LogP contribution in [0.1, 0.15) is 69.3 Å². The Morgan fingerprint density at radius 3 is 1.82 bits per heavy atom. The third kappa shape index (κ3) is 14.7. The van der Waals surface area contributed by atoms with E-state index >= 15 is 8.78 Å². The van der Waals surface area contributed by atoms with Crippen LogP contribution in [-0.2, 0) is 32.0 Å². The number of fused-ring (bicyclic) bond motifs is 2. The molecule has 6 N–H and O–H groups in total. The Hall–Kier alpha value is -7.22. The van der Waals surface area contributed by atoms with Gasteiger partial charge in [0, 0.05) is 92.5 Å². The topological polar surface area (TPSA) is 208 Å². The van der Waals surface area contributed by atoms with Gasteiger partial charge in [0.1, 0.15) is 29.5 Å². The van der Waals surface area contributed by atoms with Crippen LogP contribution in [0.5, 0.6) is 0 Å². The summed E-state index contributed by atoms with van der Waals surface area (Å²) in [6.45, 7) is 1.81. The molecule has 0 spiro atoms. The van der Waals surface area contributed by atoms with Crippen LogP contribution in [0.2, 0.25) is 0 Å². The lowest BCUT2D eigenvalue weighted by Gasteiger charge is -2.44. The first kappa shape index (κ1) is 62.4. The normalized spacial score (nSPS) is 18.4. The number of rotatable bonds is 20. The smallest absolute Gasteiger partial charge is 0.407 e. The molecule has 5 heterocycles. The Kier molecular flexibility index (Phi) is 19.4. The molecule has 3 saturated heterocycles. The van der Waals surface area contributed by atoms with Gasteiger partial charge in [-0.1, -0.05) is 24.0 Å². The van der Waals surface area contributed by atoms with Crippen LogP contribution in [0.25, 0.3) is 11.1 Å². The van der Waals surface area contributed by atoms with Crippen LogP contribution in [0.15, 0.2) is 67.1 Å². The molecular formula is C54H63F10N11O7. The molecule has 2 aromatic heterocycles. The lowest BCUT2D eigenvalue weighted by atomic mass is 9.82. The number of amides is 4. The third-order valence-electron chi connectivity index (χ3n) is 15.2. The van der Waals surface area contributed by atoms with E-state index in [1.165, 1.54) is 12.1 Å². The highest BCUT2D eigenvalue weighted by molar-refractivity contribution is 5.87. The fourth-order valence-corrected chi connectivity index (χ4v) is 9.83. The van der Waals surface area contributed by atoms with Gasteiger partial charge in [-0.05, 0) is 100 Å². The number of methoxy groups -OCH3 is 2. The standard InChI is InChI=1S/C54H63F10N11O7/c1-51(2,53(59,60)61)44(69-49(79)81-5)46(77)68-41(17-31-10-7-30(8-11-31)9-12-32-13-16-43(66-22-32)72-26-36-14-15-37(27-72)74(36)24-33-20-65-21-33)42(76)29-73(71-47(78)45(70-50(80)82-6)52(3,4)54(62,63)64)28-38-39(55)18-34(19-40(38)56)35-23-67-75(25-35)48(57)58/h7-8,10-11,13,16,18-19,22-23,25,33,36-37,41-42,44-45,48,65,76H,14-15,17,20-21,24,26-29H2,1-6H3,(H,68,77)(H,69,79)(H,70,80)(H,71,78)/t36?,37?,41-,42-,44+,45+/m0/s1. The van der Waals surface area contributed by atoms with E-state index in [4.69, 9.17) is 4.98 Å². The average Bonchev–Trinajstić information content (AvgIpc) is 4.14. The number of nitrogens with zero attached hydrogens (tertiary/aromatic N) is 6. The number of benzene rings is 2. The Morgan fingerprint density at radius 2 is 1.33 bits per heavy atom. The molecule has 2 bridgehead atoms. The zero-order chi connectivity index (χ0) is 60.1. The fourth-order valence-electron chi connectivity index (χ4n) is 9.83. The van der Waals surface area contributed by atoms with Gasteiger partial charge in [0.2, 0.25) is 5.91 Å². The largest absolute Gasteiger partial charge is 0.453 e. The molecule has 6 atom stereocenters. The van der Waals surface area contributed by atoms with E-state index in [1.807, 2.05) is 22.9 Å². The number of pyridine rings is 1. The van der Waals surface area contributed by atoms with Gasteiger partial charge in [-0.15, -0.1) is 0 Å². The highest BCUT2D eigenvalue weighted by Gasteiger charge is 2.57. The minimum absolute atomic E-state index is 0.172. The molecule has 7 rings (SSSR count). The Balaban J connectivity index is 1.17. The summed E-state index contributed by atoms with van der Waals surface area (Å²) in [7, 11) is 1.61. The predicted octanol–water partition coefficient (Wildman–Crippen LogP) is 6.44. The first-order chi connectivity index (χ1) is 38.5. The minimum atomic E-state index is -5.23. The number of hydrogen-bond acceptors (Lipinski definition) is 13. The van der Waals surface area contributed by atoms with E-state index in [0.717, 1.165) is 78.0 Å². The molecule has 2 aromatic carbocycles. The minimum Gasteiger partial charge on any atom is -0.453 e. The molecule has 2 unspecified atom stereocenters. The zero-order valence-electron chi connectivity index (χ0n) is 45.4. The molecule has 82 heavy (non-hydrogen) atoms. The highest BCUT2D eigenvalue weighted by Crippen LogP contribution is 2.42. The van der Waals surface area contributed by atoms with Gasteiger partial charge in [0.05, 0.1) is 43.4 Å². The second-order valence-corrected chi connectivity index (χ2v) is 21.6. The number of anilines is 1. The van der Waals surface area contributed by atoms with Crippen molar-refractivity contribution in [1.29, 1.82) is 0 Å². The van der Waals surface area contributed by atoms with E-state index in [2.05, 4.69) is 46.8 Å². The van der Waals surface area contributed by atoms with Crippen molar-refractivity contribution in [2.75, 3.05) is 58.4 Å². The van der Waals surface area contributed by atoms with E-state index in [0.29, 0.717) is 74.0 Å². The van der Waals surface area contributed by atoms with Gasteiger partial charge in [-0.2, -0.15) is 40.2 Å². The molecule has 18 nitrogen and oxygen atoms in total. The van der Waals surface area contributed by atoms with Crippen molar-refractivity contribution < 1.29 is 77.7 Å². The number of piperazine rings is 1. The number of halogens is 10. The van der Waals surface area contributed by atoms with E-state index in [-0.39, 0.29) is 21.4 Å². The summed E-state index contributed by atoms with van der Waals surface area (Å²) in [5, 5.41) is 25.3. The average molecular weight is 1170 g/mol. The molecule has 0 aliphatic carbocycles. The molecule has 28 heteroatoms. The quantitative estimate of drug-likeness (QED) is 0.0321. The predicted molar refractivity (Wildman–Crippen MR) is 276 cm³/mol. The summed E-state index contributed by atoms with van der Waals surface area (Å²) in [5.41, 5.74) is -4.18. The van der Waals surface area contributed by atoms with Crippen LogP contribution < -0.4 is 31.6 Å². The van der Waals surface area contributed by atoms with E-state index in [9.17, 15) is 59.4 Å². The number of ether oxygens (including phenoxy) is 2. The first-order valence-corrected chi connectivity index (χ1v) is 25.9. The van der Waals surface area contributed by atoms with Crippen molar-refractivity contribution in [3.63, 3.8) is 0 Å². The van der Waals surface area contributed by atoms with Crippen molar-refractivity contribution in [3.8, 4) is 23.0 Å². The summed E-state index contributed by atoms with van der Waals surface area (Å²) >= 11 is 0. The fraction of sp³-hybridized carbons (Fsp3) is 0.519. The van der Waals surface area contributed by atoms with Gasteiger partial charge < -0.3 is 40.7 Å². The number of hydrazine groups is 1. The number of hydrogen-bond donors (Lipinski definition) is 6.